The van der Waals surface area contributed by atoms with Gasteiger partial charge in [0, 0.05) is 5.54 Å². The standard InChI is InChI=1S/C8H16F3NO2/c1-7(2,12)5-13-3-4-14-6-8(9,10)11/h3-6,12H2,1-2H3. The van der Waals surface area contributed by atoms with Crippen LogP contribution >= 0.6 is 0 Å². The van der Waals surface area contributed by atoms with Crippen LogP contribution in [0.3, 0.4) is 0 Å². The summed E-state index contributed by atoms with van der Waals surface area (Å²) in [6.45, 7) is 2.64. The minimum atomic E-state index is -4.27. The Labute approximate surface area is 81.4 Å². The highest BCUT2D eigenvalue weighted by Crippen LogP contribution is 2.14. The molecular formula is C8H16F3NO2. The zero-order valence-electron chi connectivity index (χ0n) is 8.36. The first kappa shape index (κ1) is 13.7. The summed E-state index contributed by atoms with van der Waals surface area (Å²) in [5, 5.41) is 0. The molecule has 0 aromatic carbocycles. The van der Waals surface area contributed by atoms with Crippen molar-refractivity contribution < 1.29 is 22.6 Å². The highest BCUT2D eigenvalue weighted by atomic mass is 19.4. The molecule has 0 saturated heterocycles. The van der Waals surface area contributed by atoms with Crippen LogP contribution in [0.2, 0.25) is 0 Å². The predicted octanol–water partition coefficient (Wildman–Crippen LogP) is 1.32. The lowest BCUT2D eigenvalue weighted by Crippen LogP contribution is -2.37. The molecule has 86 valence electrons. The predicted molar refractivity (Wildman–Crippen MR) is 46.0 cm³/mol. The van der Waals surface area contributed by atoms with Crippen LogP contribution in [0, 0.1) is 0 Å². The van der Waals surface area contributed by atoms with E-state index in [4.69, 9.17) is 10.5 Å². The third-order valence-corrected chi connectivity index (χ3v) is 1.11. The molecule has 0 aliphatic rings. The molecule has 0 aromatic heterocycles. The maximum absolute atomic E-state index is 11.6. The van der Waals surface area contributed by atoms with Crippen molar-refractivity contribution in [2.75, 3.05) is 26.4 Å². The second kappa shape index (κ2) is 5.53. The number of ether oxygens (including phenoxy) is 2. The summed E-state index contributed by atoms with van der Waals surface area (Å²) in [4.78, 5) is 0. The van der Waals surface area contributed by atoms with Crippen molar-refractivity contribution >= 4 is 0 Å². The number of hydrogen-bond acceptors (Lipinski definition) is 3. The van der Waals surface area contributed by atoms with E-state index in [0.29, 0.717) is 6.61 Å². The Morgan fingerprint density at radius 3 is 1.79 bits per heavy atom. The van der Waals surface area contributed by atoms with Crippen molar-refractivity contribution in [1.29, 1.82) is 0 Å². The molecule has 0 heterocycles. The average molecular weight is 215 g/mol. The van der Waals surface area contributed by atoms with Gasteiger partial charge in [0.05, 0.1) is 19.8 Å². The minimum absolute atomic E-state index is 0.0738. The molecule has 0 unspecified atom stereocenters. The molecule has 6 heteroatoms. The molecule has 0 spiro atoms. The lowest BCUT2D eigenvalue weighted by Gasteiger charge is -2.18. The maximum Gasteiger partial charge on any atom is 0.411 e. The van der Waals surface area contributed by atoms with Crippen molar-refractivity contribution in [2.24, 2.45) is 5.73 Å². The number of halogens is 3. The fourth-order valence-corrected chi connectivity index (χ4v) is 0.641. The Morgan fingerprint density at radius 2 is 1.43 bits per heavy atom. The SMILES string of the molecule is CC(C)(N)COCCOCC(F)(F)F. The molecule has 0 saturated carbocycles. The Bertz CT molecular complexity index is 136. The third-order valence-electron chi connectivity index (χ3n) is 1.11. The fraction of sp³-hybridized carbons (Fsp3) is 1.00. The van der Waals surface area contributed by atoms with E-state index in [9.17, 15) is 13.2 Å². The highest BCUT2D eigenvalue weighted by molar-refractivity contribution is 4.69. The van der Waals surface area contributed by atoms with Gasteiger partial charge in [-0.05, 0) is 13.8 Å². The lowest BCUT2D eigenvalue weighted by molar-refractivity contribution is -0.176. The first-order valence-corrected chi connectivity index (χ1v) is 4.22. The fourth-order valence-electron chi connectivity index (χ4n) is 0.641. The molecule has 3 nitrogen and oxygen atoms in total. The van der Waals surface area contributed by atoms with Gasteiger partial charge in [-0.25, -0.2) is 0 Å². The largest absolute Gasteiger partial charge is 0.411 e. The van der Waals surface area contributed by atoms with Crippen LogP contribution in [0.1, 0.15) is 13.8 Å². The van der Waals surface area contributed by atoms with Gasteiger partial charge in [0.2, 0.25) is 0 Å². The van der Waals surface area contributed by atoms with Gasteiger partial charge in [0.25, 0.3) is 0 Å². The highest BCUT2D eigenvalue weighted by Gasteiger charge is 2.27. The van der Waals surface area contributed by atoms with Gasteiger partial charge >= 0.3 is 6.18 Å². The van der Waals surface area contributed by atoms with Crippen LogP contribution in [0.25, 0.3) is 0 Å². The summed E-state index contributed by atoms with van der Waals surface area (Å²) in [7, 11) is 0. The van der Waals surface area contributed by atoms with Crippen molar-refractivity contribution in [3.63, 3.8) is 0 Å². The van der Waals surface area contributed by atoms with Crippen LogP contribution in [0.15, 0.2) is 0 Å². The molecule has 0 bridgehead atoms. The normalized spacial score (nSPS) is 13.3. The van der Waals surface area contributed by atoms with Crippen LogP contribution in [0.5, 0.6) is 0 Å². The zero-order chi connectivity index (χ0) is 11.2. The van der Waals surface area contributed by atoms with Gasteiger partial charge in [0.1, 0.15) is 6.61 Å². The first-order chi connectivity index (χ1) is 6.21. The van der Waals surface area contributed by atoms with Gasteiger partial charge in [-0.3, -0.25) is 0 Å². The van der Waals surface area contributed by atoms with E-state index in [1.165, 1.54) is 0 Å². The average Bonchev–Trinajstić information content (AvgIpc) is 1.92. The van der Waals surface area contributed by atoms with E-state index >= 15 is 0 Å². The molecule has 0 radical (unpaired) electrons. The topological polar surface area (TPSA) is 44.5 Å². The van der Waals surface area contributed by atoms with E-state index in [2.05, 4.69) is 4.74 Å². The Balaban J connectivity index is 3.23. The summed E-state index contributed by atoms with van der Waals surface area (Å²) in [5.74, 6) is 0. The molecule has 0 amide bonds. The van der Waals surface area contributed by atoms with Crippen molar-refractivity contribution in [3.8, 4) is 0 Å². The van der Waals surface area contributed by atoms with Crippen molar-refractivity contribution in [2.45, 2.75) is 25.6 Å². The summed E-state index contributed by atoms with van der Waals surface area (Å²) in [5.41, 5.74) is 5.11. The minimum Gasteiger partial charge on any atom is -0.377 e. The molecular weight excluding hydrogens is 199 g/mol. The quantitative estimate of drug-likeness (QED) is 0.679. The monoisotopic (exact) mass is 215 g/mol. The molecule has 0 aliphatic carbocycles. The third kappa shape index (κ3) is 11.7. The van der Waals surface area contributed by atoms with Gasteiger partial charge in [-0.2, -0.15) is 13.2 Å². The van der Waals surface area contributed by atoms with Gasteiger partial charge in [-0.1, -0.05) is 0 Å². The van der Waals surface area contributed by atoms with Crippen molar-refractivity contribution in [3.05, 3.63) is 0 Å². The van der Waals surface area contributed by atoms with E-state index < -0.39 is 18.3 Å². The molecule has 0 fully saturated rings. The molecule has 2 N–H and O–H groups in total. The van der Waals surface area contributed by atoms with E-state index in [1.807, 2.05) is 0 Å². The summed E-state index contributed by atoms with van der Waals surface area (Å²) in [6.07, 6.45) is -4.27. The van der Waals surface area contributed by atoms with Crippen LogP contribution in [-0.4, -0.2) is 38.1 Å². The van der Waals surface area contributed by atoms with E-state index in [-0.39, 0.29) is 13.2 Å². The van der Waals surface area contributed by atoms with Crippen LogP contribution in [0.4, 0.5) is 13.2 Å². The Kier molecular flexibility index (Phi) is 5.40. The smallest absolute Gasteiger partial charge is 0.377 e. The Morgan fingerprint density at radius 1 is 1.00 bits per heavy atom. The molecule has 0 rings (SSSR count). The molecule has 0 atom stereocenters. The number of alkyl halides is 3. The second-order valence-electron chi connectivity index (χ2n) is 3.71. The summed E-state index contributed by atoms with van der Waals surface area (Å²) >= 11 is 0. The molecule has 0 aliphatic heterocycles. The molecule has 0 aromatic rings. The van der Waals surface area contributed by atoms with Crippen LogP contribution in [-0.2, 0) is 9.47 Å². The zero-order valence-corrected chi connectivity index (χ0v) is 8.36. The maximum atomic E-state index is 11.6. The summed E-state index contributed by atoms with van der Waals surface area (Å²) < 4.78 is 44.0. The van der Waals surface area contributed by atoms with Crippen LogP contribution < -0.4 is 5.73 Å². The lowest BCUT2D eigenvalue weighted by atomic mass is 10.1. The number of hydrogen-bond donors (Lipinski definition) is 1. The summed E-state index contributed by atoms with van der Waals surface area (Å²) in [6, 6.07) is 0. The Hall–Kier alpha value is -0.330. The van der Waals surface area contributed by atoms with Crippen molar-refractivity contribution in [1.82, 2.24) is 0 Å². The second-order valence-corrected chi connectivity index (χ2v) is 3.71. The first-order valence-electron chi connectivity index (χ1n) is 4.22. The molecule has 14 heavy (non-hydrogen) atoms. The van der Waals surface area contributed by atoms with E-state index in [1.54, 1.807) is 13.8 Å². The number of nitrogens with two attached hydrogens (primary N) is 1. The number of rotatable bonds is 6. The van der Waals surface area contributed by atoms with E-state index in [0.717, 1.165) is 0 Å². The van der Waals surface area contributed by atoms with Gasteiger partial charge in [0.15, 0.2) is 0 Å². The van der Waals surface area contributed by atoms with Gasteiger partial charge < -0.3 is 15.2 Å². The van der Waals surface area contributed by atoms with Gasteiger partial charge in [-0.15, -0.1) is 0 Å².